The Balaban J connectivity index is 2.15. The third-order valence-electron chi connectivity index (χ3n) is 2.03. The molecule has 0 aromatic rings. The van der Waals surface area contributed by atoms with Crippen LogP contribution in [0, 0.1) is 0 Å². The fourth-order valence-electron chi connectivity index (χ4n) is 1.34. The molecule has 5 heteroatoms. The first-order valence-corrected chi connectivity index (χ1v) is 4.64. The third-order valence-corrected chi connectivity index (χ3v) is 2.03. The van der Waals surface area contributed by atoms with E-state index in [9.17, 15) is 0 Å². The summed E-state index contributed by atoms with van der Waals surface area (Å²) in [5.41, 5.74) is 10.4. The van der Waals surface area contributed by atoms with Crippen LogP contribution in [0.4, 0.5) is 0 Å². The van der Waals surface area contributed by atoms with Gasteiger partial charge < -0.3 is 16.2 Å². The van der Waals surface area contributed by atoms with Crippen molar-refractivity contribution in [3.8, 4) is 0 Å². The van der Waals surface area contributed by atoms with Gasteiger partial charge in [0.2, 0.25) is 0 Å². The molecule has 0 spiro atoms. The van der Waals surface area contributed by atoms with Gasteiger partial charge in [-0.05, 0) is 6.42 Å². The van der Waals surface area contributed by atoms with Crippen molar-refractivity contribution in [1.29, 1.82) is 0 Å². The molecule has 1 aliphatic heterocycles. The molecule has 0 radical (unpaired) electrons. The molecule has 1 rings (SSSR count). The maximum Gasteiger partial charge on any atom is 0.185 e. The summed E-state index contributed by atoms with van der Waals surface area (Å²) in [7, 11) is 0. The van der Waals surface area contributed by atoms with Crippen LogP contribution in [0.5, 0.6) is 0 Å². The van der Waals surface area contributed by atoms with Crippen LogP contribution >= 0.6 is 0 Å². The van der Waals surface area contributed by atoms with Crippen LogP contribution in [0.25, 0.3) is 0 Å². The second kappa shape index (κ2) is 5.77. The van der Waals surface area contributed by atoms with Crippen molar-refractivity contribution >= 4 is 5.96 Å². The maximum atomic E-state index is 5.33. The second-order valence-corrected chi connectivity index (χ2v) is 3.11. The van der Waals surface area contributed by atoms with E-state index in [1.165, 1.54) is 0 Å². The summed E-state index contributed by atoms with van der Waals surface area (Å²) < 4.78 is 5.33. The molecule has 1 heterocycles. The number of nitrogens with zero attached hydrogens (tertiary/aromatic N) is 2. The largest absolute Gasteiger partial charge is 0.380 e. The monoisotopic (exact) mass is 186 g/mol. The number of hydrogen-bond donors (Lipinski definition) is 2. The van der Waals surface area contributed by atoms with Crippen LogP contribution in [0.1, 0.15) is 6.42 Å². The average molecular weight is 186 g/mol. The molecular formula is C8H18N4O. The van der Waals surface area contributed by atoms with E-state index in [1.54, 1.807) is 0 Å². The Morgan fingerprint density at radius 1 is 1.31 bits per heavy atom. The first kappa shape index (κ1) is 10.3. The molecule has 5 nitrogen and oxygen atoms in total. The highest BCUT2D eigenvalue weighted by molar-refractivity contribution is 5.75. The molecular weight excluding hydrogens is 168 g/mol. The van der Waals surface area contributed by atoms with Crippen LogP contribution in [0.15, 0.2) is 4.99 Å². The van der Waals surface area contributed by atoms with Gasteiger partial charge in [-0.1, -0.05) is 0 Å². The molecule has 0 amide bonds. The van der Waals surface area contributed by atoms with Crippen molar-refractivity contribution in [2.75, 3.05) is 39.4 Å². The summed E-state index contributed by atoms with van der Waals surface area (Å²) in [4.78, 5) is 6.26. The zero-order valence-corrected chi connectivity index (χ0v) is 7.91. The molecule has 1 fully saturated rings. The highest BCUT2D eigenvalue weighted by Crippen LogP contribution is 1.97. The topological polar surface area (TPSA) is 76.9 Å². The first-order chi connectivity index (χ1) is 6.29. The van der Waals surface area contributed by atoms with Crippen molar-refractivity contribution in [3.05, 3.63) is 0 Å². The Morgan fingerprint density at radius 3 is 2.92 bits per heavy atom. The van der Waals surface area contributed by atoms with Gasteiger partial charge in [0, 0.05) is 26.2 Å². The van der Waals surface area contributed by atoms with E-state index in [0.717, 1.165) is 39.3 Å². The normalized spacial score (nSPS) is 19.4. The van der Waals surface area contributed by atoms with Gasteiger partial charge in [-0.15, -0.1) is 0 Å². The summed E-state index contributed by atoms with van der Waals surface area (Å²) >= 11 is 0. The van der Waals surface area contributed by atoms with Gasteiger partial charge in [-0.3, -0.25) is 9.89 Å². The van der Waals surface area contributed by atoms with Crippen molar-refractivity contribution in [2.45, 2.75) is 6.42 Å². The van der Waals surface area contributed by atoms with Crippen molar-refractivity contribution in [3.63, 3.8) is 0 Å². The Kier molecular flexibility index (Phi) is 4.56. The van der Waals surface area contributed by atoms with E-state index in [2.05, 4.69) is 9.89 Å². The quantitative estimate of drug-likeness (QED) is 0.437. The lowest BCUT2D eigenvalue weighted by Gasteiger charge is -2.17. The highest BCUT2D eigenvalue weighted by Gasteiger charge is 2.07. The molecule has 0 aliphatic carbocycles. The first-order valence-electron chi connectivity index (χ1n) is 4.64. The van der Waals surface area contributed by atoms with Crippen LogP contribution < -0.4 is 11.5 Å². The number of ether oxygens (including phenoxy) is 1. The Morgan fingerprint density at radius 2 is 2.15 bits per heavy atom. The fourth-order valence-corrected chi connectivity index (χ4v) is 1.34. The molecule has 1 aliphatic rings. The van der Waals surface area contributed by atoms with E-state index in [0.29, 0.717) is 6.54 Å². The molecule has 0 unspecified atom stereocenters. The van der Waals surface area contributed by atoms with Crippen molar-refractivity contribution in [1.82, 2.24) is 4.90 Å². The minimum atomic E-state index is 0.172. The van der Waals surface area contributed by atoms with Crippen molar-refractivity contribution in [2.24, 2.45) is 16.5 Å². The van der Waals surface area contributed by atoms with Crippen LogP contribution in [0.3, 0.4) is 0 Å². The summed E-state index contributed by atoms with van der Waals surface area (Å²) in [6, 6.07) is 0. The van der Waals surface area contributed by atoms with E-state index in [4.69, 9.17) is 16.2 Å². The van der Waals surface area contributed by atoms with Gasteiger partial charge >= 0.3 is 0 Å². The van der Waals surface area contributed by atoms with Crippen LogP contribution in [-0.2, 0) is 4.74 Å². The molecule has 0 bridgehead atoms. The lowest BCUT2D eigenvalue weighted by molar-refractivity contribution is 0.142. The molecule has 4 N–H and O–H groups in total. The lowest BCUT2D eigenvalue weighted by atomic mass is 10.4. The Hall–Kier alpha value is -0.810. The number of hydrogen-bond acceptors (Lipinski definition) is 3. The minimum absolute atomic E-state index is 0.172. The van der Waals surface area contributed by atoms with Gasteiger partial charge in [-0.25, -0.2) is 0 Å². The Labute approximate surface area is 78.7 Å². The van der Waals surface area contributed by atoms with E-state index in [-0.39, 0.29) is 5.96 Å². The third kappa shape index (κ3) is 4.69. The summed E-state index contributed by atoms with van der Waals surface area (Å²) in [5.74, 6) is 0.172. The number of nitrogens with two attached hydrogens (primary N) is 2. The maximum absolute atomic E-state index is 5.33. The zero-order chi connectivity index (χ0) is 9.52. The second-order valence-electron chi connectivity index (χ2n) is 3.11. The number of rotatable bonds is 3. The zero-order valence-electron chi connectivity index (χ0n) is 7.91. The van der Waals surface area contributed by atoms with Gasteiger partial charge in [0.25, 0.3) is 0 Å². The average Bonchev–Trinajstić information content (AvgIpc) is 2.32. The summed E-state index contributed by atoms with van der Waals surface area (Å²) in [6.45, 7) is 5.37. The summed E-state index contributed by atoms with van der Waals surface area (Å²) in [6.07, 6.45) is 1.10. The SMILES string of the molecule is NC(N)=NCCN1CCCOCC1. The predicted molar refractivity (Wildman–Crippen MR) is 52.6 cm³/mol. The van der Waals surface area contributed by atoms with Crippen molar-refractivity contribution < 1.29 is 4.74 Å². The molecule has 0 aromatic carbocycles. The molecule has 13 heavy (non-hydrogen) atoms. The number of guanidine groups is 1. The molecule has 0 atom stereocenters. The highest BCUT2D eigenvalue weighted by atomic mass is 16.5. The van der Waals surface area contributed by atoms with Gasteiger partial charge in [-0.2, -0.15) is 0 Å². The smallest absolute Gasteiger partial charge is 0.185 e. The fraction of sp³-hybridized carbons (Fsp3) is 0.875. The van der Waals surface area contributed by atoms with Crippen LogP contribution in [-0.4, -0.2) is 50.3 Å². The molecule has 0 aromatic heterocycles. The van der Waals surface area contributed by atoms with Gasteiger partial charge in [0.05, 0.1) is 13.2 Å². The van der Waals surface area contributed by atoms with Gasteiger partial charge in [0.1, 0.15) is 0 Å². The van der Waals surface area contributed by atoms with Gasteiger partial charge in [0.15, 0.2) is 5.96 Å². The molecule has 1 saturated heterocycles. The minimum Gasteiger partial charge on any atom is -0.380 e. The molecule has 76 valence electrons. The number of aliphatic imine (C=N–C) groups is 1. The van der Waals surface area contributed by atoms with E-state index < -0.39 is 0 Å². The van der Waals surface area contributed by atoms with E-state index in [1.807, 2.05) is 0 Å². The standard InChI is InChI=1S/C8H18N4O/c9-8(10)11-2-4-12-3-1-6-13-7-5-12/h1-7H2,(H4,9,10,11). The predicted octanol–water partition coefficient (Wildman–Crippen LogP) is -1.02. The Bertz CT molecular complexity index is 160. The summed E-state index contributed by atoms with van der Waals surface area (Å²) in [5, 5.41) is 0. The molecule has 0 saturated carbocycles. The van der Waals surface area contributed by atoms with Crippen LogP contribution in [0.2, 0.25) is 0 Å². The lowest BCUT2D eigenvalue weighted by Crippen LogP contribution is -2.30. The van der Waals surface area contributed by atoms with E-state index >= 15 is 0 Å².